The zero-order chi connectivity index (χ0) is 13.4. The highest BCUT2D eigenvalue weighted by Crippen LogP contribution is 2.36. The van der Waals surface area contributed by atoms with Gasteiger partial charge in [0.2, 0.25) is 0 Å². The van der Waals surface area contributed by atoms with E-state index < -0.39 is 0 Å². The molecular weight excluding hydrogens is 395 g/mol. The summed E-state index contributed by atoms with van der Waals surface area (Å²) in [7, 11) is 0. The average molecular weight is 407 g/mol. The molecule has 100 valence electrons. The zero-order valence-electron chi connectivity index (χ0n) is 10.00. The fourth-order valence-corrected chi connectivity index (χ4v) is 3.20. The quantitative estimate of drug-likeness (QED) is 0.612. The molecule has 1 aliphatic carbocycles. The van der Waals surface area contributed by atoms with Crippen LogP contribution in [-0.2, 0) is 0 Å². The van der Waals surface area contributed by atoms with Gasteiger partial charge in [-0.15, -0.1) is 0 Å². The largest absolute Gasteiger partial charge is 0.445 e. The molecule has 3 nitrogen and oxygen atoms in total. The lowest BCUT2D eigenvalue weighted by atomic mass is 10.0. The molecule has 0 unspecified atom stereocenters. The van der Waals surface area contributed by atoms with Crippen molar-refractivity contribution in [1.82, 2.24) is 9.97 Å². The number of nitrogens with zero attached hydrogens (tertiary/aromatic N) is 2. The fraction of sp³-hybridized carbons (Fsp3) is 0.385. The van der Waals surface area contributed by atoms with Crippen molar-refractivity contribution in [3.05, 3.63) is 32.1 Å². The van der Waals surface area contributed by atoms with Crippen molar-refractivity contribution in [2.75, 3.05) is 0 Å². The molecule has 0 bridgehead atoms. The molecule has 0 N–H and O–H groups in total. The van der Waals surface area contributed by atoms with Crippen LogP contribution < -0.4 is 0 Å². The first-order valence-electron chi connectivity index (χ1n) is 6.13. The second-order valence-corrected chi connectivity index (χ2v) is 6.61. The average Bonchev–Trinajstić information content (AvgIpc) is 3.00. The fourth-order valence-electron chi connectivity index (χ4n) is 2.43. The van der Waals surface area contributed by atoms with Crippen LogP contribution in [0, 0.1) is 0 Å². The molecule has 0 aromatic carbocycles. The highest BCUT2D eigenvalue weighted by molar-refractivity contribution is 9.13. The van der Waals surface area contributed by atoms with Crippen molar-refractivity contribution in [3.8, 4) is 11.6 Å². The van der Waals surface area contributed by atoms with Crippen LogP contribution in [0.5, 0.6) is 0 Å². The minimum atomic E-state index is 0.468. The SMILES string of the molecule is Clc1cc(C2CCCC2)nc(-c2cc(Br)c(Br)o2)n1. The minimum Gasteiger partial charge on any atom is -0.445 e. The summed E-state index contributed by atoms with van der Waals surface area (Å²) in [6.07, 6.45) is 4.88. The number of hydrogen-bond donors (Lipinski definition) is 0. The number of hydrogen-bond acceptors (Lipinski definition) is 3. The highest BCUT2D eigenvalue weighted by Gasteiger charge is 2.21. The first-order valence-corrected chi connectivity index (χ1v) is 8.09. The number of furan rings is 1. The van der Waals surface area contributed by atoms with Gasteiger partial charge in [0.15, 0.2) is 16.3 Å². The molecule has 3 rings (SSSR count). The van der Waals surface area contributed by atoms with Gasteiger partial charge >= 0.3 is 0 Å². The summed E-state index contributed by atoms with van der Waals surface area (Å²) < 4.78 is 7.03. The van der Waals surface area contributed by atoms with Gasteiger partial charge in [-0.3, -0.25) is 0 Å². The Bertz CT molecular complexity index is 589. The summed E-state index contributed by atoms with van der Waals surface area (Å²) in [5.41, 5.74) is 1.02. The molecule has 19 heavy (non-hydrogen) atoms. The van der Waals surface area contributed by atoms with Crippen molar-refractivity contribution in [2.45, 2.75) is 31.6 Å². The van der Waals surface area contributed by atoms with E-state index in [1.165, 1.54) is 25.7 Å². The van der Waals surface area contributed by atoms with E-state index in [0.717, 1.165) is 10.2 Å². The van der Waals surface area contributed by atoms with E-state index in [1.54, 1.807) is 0 Å². The van der Waals surface area contributed by atoms with Crippen molar-refractivity contribution < 1.29 is 4.42 Å². The van der Waals surface area contributed by atoms with Gasteiger partial charge in [-0.25, -0.2) is 9.97 Å². The monoisotopic (exact) mass is 404 g/mol. The van der Waals surface area contributed by atoms with Gasteiger partial charge in [-0.1, -0.05) is 24.4 Å². The van der Waals surface area contributed by atoms with Crippen LogP contribution >= 0.6 is 43.5 Å². The third kappa shape index (κ3) is 2.88. The Hall–Kier alpha value is -0.390. The summed E-state index contributed by atoms with van der Waals surface area (Å²) in [6, 6.07) is 3.71. The van der Waals surface area contributed by atoms with Gasteiger partial charge < -0.3 is 4.42 Å². The topological polar surface area (TPSA) is 38.9 Å². The molecular formula is C13H11Br2ClN2O. The van der Waals surface area contributed by atoms with Gasteiger partial charge in [0.1, 0.15) is 5.15 Å². The zero-order valence-corrected chi connectivity index (χ0v) is 13.9. The van der Waals surface area contributed by atoms with Gasteiger partial charge in [-0.2, -0.15) is 0 Å². The highest BCUT2D eigenvalue weighted by atomic mass is 79.9. The van der Waals surface area contributed by atoms with Gasteiger partial charge in [-0.05, 0) is 50.8 Å². The van der Waals surface area contributed by atoms with Crippen LogP contribution in [0.2, 0.25) is 5.15 Å². The standard InChI is InChI=1S/C13H11Br2ClN2O/c14-8-5-10(19-12(8)15)13-17-9(6-11(16)18-13)7-3-1-2-4-7/h5-7H,1-4H2. The lowest BCUT2D eigenvalue weighted by Gasteiger charge is -2.09. The molecule has 2 aromatic rings. The molecule has 6 heteroatoms. The first-order chi connectivity index (χ1) is 9.13. The number of rotatable bonds is 2. The molecule has 2 heterocycles. The smallest absolute Gasteiger partial charge is 0.197 e. The molecule has 0 amide bonds. The summed E-state index contributed by atoms with van der Waals surface area (Å²) in [5.74, 6) is 1.65. The van der Waals surface area contributed by atoms with E-state index in [0.29, 0.717) is 27.3 Å². The van der Waals surface area contributed by atoms with Crippen LogP contribution in [0.15, 0.2) is 25.7 Å². The predicted molar refractivity (Wildman–Crippen MR) is 81.4 cm³/mol. The summed E-state index contributed by atoms with van der Waals surface area (Å²) in [6.45, 7) is 0. The molecule has 0 spiro atoms. The van der Waals surface area contributed by atoms with Crippen LogP contribution in [0.25, 0.3) is 11.6 Å². The van der Waals surface area contributed by atoms with Gasteiger partial charge in [0.25, 0.3) is 0 Å². The first kappa shape index (κ1) is 13.6. The maximum absolute atomic E-state index is 6.11. The molecule has 0 aliphatic heterocycles. The third-order valence-electron chi connectivity index (χ3n) is 3.35. The van der Waals surface area contributed by atoms with Crippen LogP contribution in [0.1, 0.15) is 37.3 Å². The number of aromatic nitrogens is 2. The lowest BCUT2D eigenvalue weighted by molar-refractivity contribution is 0.548. The van der Waals surface area contributed by atoms with Gasteiger partial charge in [0.05, 0.1) is 4.47 Å². The lowest BCUT2D eigenvalue weighted by Crippen LogP contribution is -2.00. The van der Waals surface area contributed by atoms with E-state index in [9.17, 15) is 0 Å². The Labute approximate surface area is 133 Å². The van der Waals surface area contributed by atoms with E-state index in [4.69, 9.17) is 16.0 Å². The van der Waals surface area contributed by atoms with Crippen molar-refractivity contribution in [2.24, 2.45) is 0 Å². The second-order valence-electron chi connectivity index (χ2n) is 4.65. The summed E-state index contributed by atoms with van der Waals surface area (Å²) >= 11 is 12.8. The van der Waals surface area contributed by atoms with Gasteiger partial charge in [0, 0.05) is 17.7 Å². The maximum Gasteiger partial charge on any atom is 0.197 e. The van der Waals surface area contributed by atoms with E-state index in [2.05, 4.69) is 41.8 Å². The van der Waals surface area contributed by atoms with Crippen LogP contribution in [0.3, 0.4) is 0 Å². The Balaban J connectivity index is 2.01. The van der Waals surface area contributed by atoms with Crippen molar-refractivity contribution in [1.29, 1.82) is 0 Å². The third-order valence-corrected chi connectivity index (χ3v) is 5.26. The number of halogens is 3. The van der Waals surface area contributed by atoms with E-state index >= 15 is 0 Å². The molecule has 1 fully saturated rings. The van der Waals surface area contributed by atoms with E-state index in [-0.39, 0.29) is 0 Å². The van der Waals surface area contributed by atoms with Crippen molar-refractivity contribution >= 4 is 43.5 Å². The maximum atomic E-state index is 6.11. The normalized spacial score (nSPS) is 16.2. The second kappa shape index (κ2) is 5.54. The predicted octanol–water partition coefficient (Wildman–Crippen LogP) is 5.57. The van der Waals surface area contributed by atoms with Crippen LogP contribution in [0.4, 0.5) is 0 Å². The Morgan fingerprint density at radius 3 is 2.53 bits per heavy atom. The molecule has 1 aliphatic rings. The summed E-state index contributed by atoms with van der Waals surface area (Å²) in [5, 5.41) is 0.468. The minimum absolute atomic E-state index is 0.468. The molecule has 0 atom stereocenters. The van der Waals surface area contributed by atoms with E-state index in [1.807, 2.05) is 12.1 Å². The Morgan fingerprint density at radius 2 is 1.89 bits per heavy atom. The Kier molecular flexibility index (Phi) is 3.96. The van der Waals surface area contributed by atoms with Crippen molar-refractivity contribution in [3.63, 3.8) is 0 Å². The Morgan fingerprint density at radius 1 is 1.16 bits per heavy atom. The molecule has 1 saturated carbocycles. The van der Waals surface area contributed by atoms with Crippen LogP contribution in [-0.4, -0.2) is 9.97 Å². The molecule has 2 aromatic heterocycles. The summed E-state index contributed by atoms with van der Waals surface area (Å²) in [4.78, 5) is 8.86. The molecule has 0 saturated heterocycles. The molecule has 0 radical (unpaired) electrons.